The van der Waals surface area contributed by atoms with Crippen LogP contribution in [0.4, 0.5) is 4.39 Å². The Morgan fingerprint density at radius 2 is 2.26 bits per heavy atom. The van der Waals surface area contributed by atoms with Gasteiger partial charge in [0.15, 0.2) is 11.7 Å². The van der Waals surface area contributed by atoms with Gasteiger partial charge in [-0.2, -0.15) is 0 Å². The Hall–Kier alpha value is -2.21. The van der Waals surface area contributed by atoms with E-state index in [9.17, 15) is 9.18 Å². The monoisotopic (exact) mass is 264 g/mol. The van der Waals surface area contributed by atoms with Crippen LogP contribution < -0.4 is 5.48 Å². The third-order valence-corrected chi connectivity index (χ3v) is 2.47. The second kappa shape index (κ2) is 6.10. The lowest BCUT2D eigenvalue weighted by Gasteiger charge is -1.99. The SMILES string of the molecule is CONC(=O)CCc1ncc(-c2ccccc2F)o1. The van der Waals surface area contributed by atoms with Crippen molar-refractivity contribution < 1.29 is 18.4 Å². The standard InChI is InChI=1S/C13H13FN2O3/c1-18-16-12(17)6-7-13-15-8-11(19-13)9-4-2-3-5-10(9)14/h2-5,8H,6-7H2,1H3,(H,16,17). The molecule has 0 atom stereocenters. The van der Waals surface area contributed by atoms with E-state index in [1.54, 1.807) is 18.2 Å². The van der Waals surface area contributed by atoms with Gasteiger partial charge in [-0.1, -0.05) is 12.1 Å². The van der Waals surface area contributed by atoms with E-state index in [0.717, 1.165) is 0 Å². The van der Waals surface area contributed by atoms with Gasteiger partial charge < -0.3 is 4.42 Å². The zero-order valence-electron chi connectivity index (χ0n) is 10.4. The second-order valence-corrected chi connectivity index (χ2v) is 3.83. The number of aromatic nitrogens is 1. The quantitative estimate of drug-likeness (QED) is 0.840. The molecule has 0 saturated carbocycles. The van der Waals surface area contributed by atoms with E-state index < -0.39 is 0 Å². The fraction of sp³-hybridized carbons (Fsp3) is 0.231. The highest BCUT2D eigenvalue weighted by atomic mass is 19.1. The zero-order chi connectivity index (χ0) is 13.7. The average molecular weight is 264 g/mol. The first-order valence-corrected chi connectivity index (χ1v) is 5.72. The van der Waals surface area contributed by atoms with Crippen LogP contribution in [-0.4, -0.2) is 18.0 Å². The molecular weight excluding hydrogens is 251 g/mol. The molecule has 1 N–H and O–H groups in total. The number of nitrogens with zero attached hydrogens (tertiary/aromatic N) is 1. The second-order valence-electron chi connectivity index (χ2n) is 3.83. The molecule has 0 spiro atoms. The summed E-state index contributed by atoms with van der Waals surface area (Å²) in [5.41, 5.74) is 2.54. The molecule has 2 rings (SSSR count). The Morgan fingerprint density at radius 1 is 1.47 bits per heavy atom. The maximum atomic E-state index is 13.5. The summed E-state index contributed by atoms with van der Waals surface area (Å²) in [4.78, 5) is 19.7. The van der Waals surface area contributed by atoms with E-state index in [-0.39, 0.29) is 18.1 Å². The lowest BCUT2D eigenvalue weighted by molar-refractivity contribution is -0.131. The van der Waals surface area contributed by atoms with E-state index in [4.69, 9.17) is 4.42 Å². The van der Waals surface area contributed by atoms with Crippen LogP contribution in [0.5, 0.6) is 0 Å². The Labute approximate surface area is 109 Å². The van der Waals surface area contributed by atoms with Gasteiger partial charge in [-0.15, -0.1) is 0 Å². The van der Waals surface area contributed by atoms with Crippen molar-refractivity contribution in [3.8, 4) is 11.3 Å². The number of nitrogens with one attached hydrogen (secondary N) is 1. The fourth-order valence-electron chi connectivity index (χ4n) is 1.60. The average Bonchev–Trinajstić information content (AvgIpc) is 2.86. The van der Waals surface area contributed by atoms with Crippen molar-refractivity contribution in [2.75, 3.05) is 7.11 Å². The maximum Gasteiger partial charge on any atom is 0.244 e. The van der Waals surface area contributed by atoms with Crippen molar-refractivity contribution in [3.05, 3.63) is 42.2 Å². The maximum absolute atomic E-state index is 13.5. The van der Waals surface area contributed by atoms with Crippen molar-refractivity contribution in [2.45, 2.75) is 12.8 Å². The van der Waals surface area contributed by atoms with Crippen molar-refractivity contribution in [1.29, 1.82) is 0 Å². The molecule has 1 amide bonds. The van der Waals surface area contributed by atoms with Gasteiger partial charge in [0.25, 0.3) is 0 Å². The molecule has 0 bridgehead atoms. The molecule has 0 unspecified atom stereocenters. The summed E-state index contributed by atoms with van der Waals surface area (Å²) in [5.74, 6) is 0.0835. The summed E-state index contributed by atoms with van der Waals surface area (Å²) in [7, 11) is 1.36. The van der Waals surface area contributed by atoms with Gasteiger partial charge in [0, 0.05) is 12.8 Å². The summed E-state index contributed by atoms with van der Waals surface area (Å²) in [6, 6.07) is 6.28. The molecule has 1 aromatic carbocycles. The molecule has 0 fully saturated rings. The van der Waals surface area contributed by atoms with Gasteiger partial charge in [0.1, 0.15) is 5.82 Å². The predicted octanol–water partition coefficient (Wildman–Crippen LogP) is 2.09. The lowest BCUT2D eigenvalue weighted by atomic mass is 10.2. The predicted molar refractivity (Wildman–Crippen MR) is 65.4 cm³/mol. The number of amides is 1. The molecule has 0 aliphatic rings. The zero-order valence-corrected chi connectivity index (χ0v) is 10.4. The summed E-state index contributed by atoms with van der Waals surface area (Å²) < 4.78 is 18.9. The van der Waals surface area contributed by atoms with Crippen molar-refractivity contribution >= 4 is 5.91 Å². The Balaban J connectivity index is 2.04. The highest BCUT2D eigenvalue weighted by Gasteiger charge is 2.11. The number of hydrogen-bond acceptors (Lipinski definition) is 4. The molecule has 19 heavy (non-hydrogen) atoms. The number of benzene rings is 1. The van der Waals surface area contributed by atoms with E-state index >= 15 is 0 Å². The minimum absolute atomic E-state index is 0.186. The number of rotatable bonds is 5. The summed E-state index contributed by atoms with van der Waals surface area (Å²) in [5, 5.41) is 0. The third kappa shape index (κ3) is 3.38. The Bertz CT molecular complexity index is 569. The number of hydroxylamine groups is 1. The van der Waals surface area contributed by atoms with Crippen LogP contribution in [0.15, 0.2) is 34.9 Å². The molecule has 1 heterocycles. The van der Waals surface area contributed by atoms with E-state index in [1.807, 2.05) is 0 Å². The number of halogens is 1. The summed E-state index contributed by atoms with van der Waals surface area (Å²) in [6.07, 6.45) is 1.96. The van der Waals surface area contributed by atoms with Crippen LogP contribution in [0, 0.1) is 5.82 Å². The number of oxazole rings is 1. The minimum atomic E-state index is -0.373. The van der Waals surface area contributed by atoms with Crippen LogP contribution in [0.3, 0.4) is 0 Å². The summed E-state index contributed by atoms with van der Waals surface area (Å²) in [6.45, 7) is 0. The van der Waals surface area contributed by atoms with E-state index in [1.165, 1.54) is 19.4 Å². The van der Waals surface area contributed by atoms with E-state index in [2.05, 4.69) is 15.3 Å². The number of hydrogen-bond donors (Lipinski definition) is 1. The Kier molecular flexibility index (Phi) is 4.25. The molecule has 0 aliphatic heterocycles. The molecule has 0 saturated heterocycles. The minimum Gasteiger partial charge on any atom is -0.441 e. The first-order valence-electron chi connectivity index (χ1n) is 5.72. The first kappa shape index (κ1) is 13.2. The number of carbonyl (C=O) groups excluding carboxylic acids is 1. The van der Waals surface area contributed by atoms with Crippen LogP contribution >= 0.6 is 0 Å². The largest absolute Gasteiger partial charge is 0.441 e. The van der Waals surface area contributed by atoms with Gasteiger partial charge in [-0.25, -0.2) is 14.9 Å². The topological polar surface area (TPSA) is 64.4 Å². The normalized spacial score (nSPS) is 10.4. The Morgan fingerprint density at radius 3 is 3.00 bits per heavy atom. The van der Waals surface area contributed by atoms with Crippen molar-refractivity contribution in [2.24, 2.45) is 0 Å². The van der Waals surface area contributed by atoms with Gasteiger partial charge in [0.2, 0.25) is 5.91 Å². The van der Waals surface area contributed by atoms with Crippen molar-refractivity contribution in [1.82, 2.24) is 10.5 Å². The lowest BCUT2D eigenvalue weighted by Crippen LogP contribution is -2.21. The first-order chi connectivity index (χ1) is 9.20. The van der Waals surface area contributed by atoms with E-state index in [0.29, 0.717) is 23.6 Å². The highest BCUT2D eigenvalue weighted by molar-refractivity contribution is 5.74. The molecule has 6 heteroatoms. The smallest absolute Gasteiger partial charge is 0.244 e. The molecule has 0 aliphatic carbocycles. The van der Waals surface area contributed by atoms with Crippen molar-refractivity contribution in [3.63, 3.8) is 0 Å². The molecule has 1 aromatic heterocycles. The van der Waals surface area contributed by atoms with Crippen LogP contribution in [0.1, 0.15) is 12.3 Å². The molecule has 100 valence electrons. The molecule has 5 nitrogen and oxygen atoms in total. The third-order valence-electron chi connectivity index (χ3n) is 2.47. The summed E-state index contributed by atoms with van der Waals surface area (Å²) >= 11 is 0. The van der Waals surface area contributed by atoms with Gasteiger partial charge in [-0.05, 0) is 12.1 Å². The molecule has 2 aromatic rings. The van der Waals surface area contributed by atoms with Crippen LogP contribution in [0.25, 0.3) is 11.3 Å². The van der Waals surface area contributed by atoms with Crippen LogP contribution in [0.2, 0.25) is 0 Å². The number of carbonyl (C=O) groups is 1. The molecular formula is C13H13FN2O3. The highest BCUT2D eigenvalue weighted by Crippen LogP contribution is 2.23. The number of aryl methyl sites for hydroxylation is 1. The molecule has 0 radical (unpaired) electrons. The van der Waals surface area contributed by atoms with Crippen LogP contribution in [-0.2, 0) is 16.1 Å². The van der Waals surface area contributed by atoms with Gasteiger partial charge in [-0.3, -0.25) is 9.63 Å². The van der Waals surface area contributed by atoms with Gasteiger partial charge >= 0.3 is 0 Å². The fourth-order valence-corrected chi connectivity index (χ4v) is 1.60. The van der Waals surface area contributed by atoms with Gasteiger partial charge in [0.05, 0.1) is 18.9 Å².